The number of hydrogen-bond acceptors (Lipinski definition) is 7. The minimum Gasteiger partial charge on any atom is -0.340 e. The first-order valence-electron chi connectivity index (χ1n) is 10.8. The third-order valence-corrected chi connectivity index (χ3v) is 8.27. The predicted molar refractivity (Wildman–Crippen MR) is 128 cm³/mol. The molecular formula is C23H21F4N5OS2. The van der Waals surface area contributed by atoms with Gasteiger partial charge in [0.2, 0.25) is 5.95 Å². The highest BCUT2D eigenvalue weighted by Gasteiger charge is 2.37. The number of carbonyl (C=O) groups excluding carboxylic acids is 1. The molecule has 0 unspecified atom stereocenters. The Labute approximate surface area is 207 Å². The van der Waals surface area contributed by atoms with Gasteiger partial charge in [0.15, 0.2) is 0 Å². The van der Waals surface area contributed by atoms with Gasteiger partial charge in [-0.3, -0.25) is 4.79 Å². The molecule has 0 saturated heterocycles. The summed E-state index contributed by atoms with van der Waals surface area (Å²) in [5.74, 6) is -0.276. The first-order chi connectivity index (χ1) is 16.6. The average Bonchev–Trinajstić information content (AvgIpc) is 3.17. The molecule has 2 aromatic heterocycles. The standard InChI is InChI=1S/C23H21F4N5OS2/c1-31-4-3-12-8-16(15(24)7-13(12)11-31)29-22-28-10-14(23(25,26)27)19(30-22)17-9-18-20(35-17)21(33)32(2)5-6-34-18/h7-10H,3-6,11H2,1-2H3,(H,28,29,30). The molecule has 0 aliphatic carbocycles. The van der Waals surface area contributed by atoms with Crippen LogP contribution in [-0.2, 0) is 19.1 Å². The molecule has 2 aliphatic heterocycles. The van der Waals surface area contributed by atoms with Crippen molar-refractivity contribution in [2.75, 3.05) is 38.3 Å². The van der Waals surface area contributed by atoms with Crippen LogP contribution in [-0.4, -0.2) is 58.6 Å². The highest BCUT2D eigenvalue weighted by Crippen LogP contribution is 2.43. The van der Waals surface area contributed by atoms with Crippen molar-refractivity contribution in [2.45, 2.75) is 24.0 Å². The first-order valence-corrected chi connectivity index (χ1v) is 12.6. The molecule has 0 spiro atoms. The minimum atomic E-state index is -4.70. The van der Waals surface area contributed by atoms with Crippen molar-refractivity contribution >= 4 is 40.6 Å². The van der Waals surface area contributed by atoms with E-state index >= 15 is 0 Å². The van der Waals surface area contributed by atoms with Crippen LogP contribution in [0, 0.1) is 5.82 Å². The van der Waals surface area contributed by atoms with E-state index in [9.17, 15) is 22.4 Å². The van der Waals surface area contributed by atoms with E-state index in [0.29, 0.717) is 34.8 Å². The number of halogens is 4. The van der Waals surface area contributed by atoms with Gasteiger partial charge >= 0.3 is 6.18 Å². The number of nitrogens with zero attached hydrogens (tertiary/aromatic N) is 4. The van der Waals surface area contributed by atoms with Gasteiger partial charge < -0.3 is 15.1 Å². The predicted octanol–water partition coefficient (Wildman–Crippen LogP) is 5.27. The number of hydrogen-bond donors (Lipinski definition) is 1. The van der Waals surface area contributed by atoms with E-state index < -0.39 is 17.6 Å². The number of benzene rings is 1. The fourth-order valence-corrected chi connectivity index (χ4v) is 6.52. The number of likely N-dealkylation sites (N-methyl/N-ethyl adjacent to an activating group) is 1. The van der Waals surface area contributed by atoms with Gasteiger partial charge in [0.05, 0.1) is 16.3 Å². The van der Waals surface area contributed by atoms with E-state index in [1.165, 1.54) is 17.8 Å². The van der Waals surface area contributed by atoms with Gasteiger partial charge in [-0.2, -0.15) is 13.2 Å². The third kappa shape index (κ3) is 4.74. The molecule has 12 heteroatoms. The molecule has 1 N–H and O–H groups in total. The second kappa shape index (κ2) is 9.07. The molecule has 35 heavy (non-hydrogen) atoms. The molecule has 4 heterocycles. The molecule has 5 rings (SSSR count). The molecule has 0 radical (unpaired) electrons. The van der Waals surface area contributed by atoms with Gasteiger partial charge in [-0.1, -0.05) is 0 Å². The maximum Gasteiger partial charge on any atom is 0.420 e. The lowest BCUT2D eigenvalue weighted by Gasteiger charge is -2.25. The lowest BCUT2D eigenvalue weighted by Crippen LogP contribution is -2.26. The fraction of sp³-hybridized carbons (Fsp3) is 0.348. The van der Waals surface area contributed by atoms with Gasteiger partial charge in [0, 0.05) is 43.5 Å². The smallest absolute Gasteiger partial charge is 0.340 e. The molecule has 0 saturated carbocycles. The summed E-state index contributed by atoms with van der Waals surface area (Å²) in [4.78, 5) is 25.5. The number of aromatic nitrogens is 2. The van der Waals surface area contributed by atoms with Crippen LogP contribution in [0.25, 0.3) is 10.6 Å². The molecule has 2 aliphatic rings. The van der Waals surface area contributed by atoms with Crippen LogP contribution in [0.1, 0.15) is 26.4 Å². The largest absolute Gasteiger partial charge is 0.420 e. The van der Waals surface area contributed by atoms with Crippen LogP contribution in [0.2, 0.25) is 0 Å². The molecule has 0 atom stereocenters. The average molecular weight is 524 g/mol. The number of anilines is 2. The van der Waals surface area contributed by atoms with Crippen LogP contribution < -0.4 is 5.32 Å². The van der Waals surface area contributed by atoms with Crippen LogP contribution in [0.15, 0.2) is 29.3 Å². The number of carbonyl (C=O) groups is 1. The number of amides is 1. The van der Waals surface area contributed by atoms with E-state index in [-0.39, 0.29) is 28.1 Å². The van der Waals surface area contributed by atoms with E-state index in [4.69, 9.17) is 0 Å². The van der Waals surface area contributed by atoms with Gasteiger partial charge in [-0.25, -0.2) is 14.4 Å². The van der Waals surface area contributed by atoms with Crippen LogP contribution in [0.4, 0.5) is 29.2 Å². The zero-order chi connectivity index (χ0) is 24.9. The molecule has 0 bridgehead atoms. The Morgan fingerprint density at radius 1 is 1.11 bits per heavy atom. The maximum atomic E-state index is 14.8. The fourth-order valence-electron chi connectivity index (χ4n) is 4.09. The van der Waals surface area contributed by atoms with Crippen LogP contribution >= 0.6 is 23.1 Å². The Hall–Kier alpha value is -2.70. The maximum absolute atomic E-state index is 14.8. The molecule has 0 fully saturated rings. The van der Waals surface area contributed by atoms with Crippen molar-refractivity contribution in [1.29, 1.82) is 0 Å². The monoisotopic (exact) mass is 523 g/mol. The van der Waals surface area contributed by atoms with E-state index in [1.54, 1.807) is 24.1 Å². The second-order valence-electron chi connectivity index (χ2n) is 8.55. The van der Waals surface area contributed by atoms with Gasteiger partial charge in [0.25, 0.3) is 5.91 Å². The summed E-state index contributed by atoms with van der Waals surface area (Å²) in [5, 5.41) is 2.76. The summed E-state index contributed by atoms with van der Waals surface area (Å²) in [5.41, 5.74) is 0.598. The van der Waals surface area contributed by atoms with Crippen molar-refractivity contribution in [3.8, 4) is 10.6 Å². The Balaban J connectivity index is 1.54. The quantitative estimate of drug-likeness (QED) is 0.472. The Bertz CT molecular complexity index is 1310. The Morgan fingerprint density at radius 2 is 1.91 bits per heavy atom. The lowest BCUT2D eigenvalue weighted by atomic mass is 9.99. The summed E-state index contributed by atoms with van der Waals surface area (Å²) in [6.45, 7) is 2.01. The number of thioether (sulfide) groups is 1. The zero-order valence-electron chi connectivity index (χ0n) is 18.9. The summed E-state index contributed by atoms with van der Waals surface area (Å²) in [6.07, 6.45) is -3.27. The molecular weight excluding hydrogens is 502 g/mol. The lowest BCUT2D eigenvalue weighted by molar-refractivity contribution is -0.137. The number of fused-ring (bicyclic) bond motifs is 2. The van der Waals surface area contributed by atoms with E-state index in [1.807, 2.05) is 7.05 Å². The van der Waals surface area contributed by atoms with Gasteiger partial charge in [-0.15, -0.1) is 23.1 Å². The van der Waals surface area contributed by atoms with Crippen molar-refractivity contribution < 1.29 is 22.4 Å². The molecule has 1 aromatic carbocycles. The molecule has 6 nitrogen and oxygen atoms in total. The second-order valence-corrected chi connectivity index (χ2v) is 10.7. The van der Waals surface area contributed by atoms with Crippen molar-refractivity contribution in [3.05, 3.63) is 51.8 Å². The minimum absolute atomic E-state index is 0.105. The highest BCUT2D eigenvalue weighted by molar-refractivity contribution is 7.99. The number of alkyl halides is 3. The molecule has 1 amide bonds. The number of rotatable bonds is 3. The van der Waals surface area contributed by atoms with Crippen LogP contribution in [0.5, 0.6) is 0 Å². The van der Waals surface area contributed by atoms with E-state index in [0.717, 1.165) is 35.4 Å². The number of thiophene rings is 1. The summed E-state index contributed by atoms with van der Waals surface area (Å²) in [7, 11) is 3.62. The Kier molecular flexibility index (Phi) is 6.22. The first kappa shape index (κ1) is 24.0. The van der Waals surface area contributed by atoms with E-state index in [2.05, 4.69) is 20.2 Å². The third-order valence-electron chi connectivity index (χ3n) is 5.99. The van der Waals surface area contributed by atoms with Crippen molar-refractivity contribution in [3.63, 3.8) is 0 Å². The summed E-state index contributed by atoms with van der Waals surface area (Å²) < 4.78 is 56.3. The molecule has 184 valence electrons. The topological polar surface area (TPSA) is 61.4 Å². The van der Waals surface area contributed by atoms with Crippen molar-refractivity contribution in [2.24, 2.45) is 0 Å². The highest BCUT2D eigenvalue weighted by atomic mass is 32.2. The molecule has 3 aromatic rings. The SMILES string of the molecule is CN1CCc2cc(Nc3ncc(C(F)(F)F)c(-c4cc5c(s4)C(=O)N(C)CCS5)n3)c(F)cc2C1. The van der Waals surface area contributed by atoms with Gasteiger partial charge in [0.1, 0.15) is 16.3 Å². The normalized spacial score (nSPS) is 16.6. The summed E-state index contributed by atoms with van der Waals surface area (Å²) >= 11 is 2.39. The van der Waals surface area contributed by atoms with Crippen molar-refractivity contribution in [1.82, 2.24) is 19.8 Å². The number of nitrogens with one attached hydrogen (secondary N) is 1. The summed E-state index contributed by atoms with van der Waals surface area (Å²) in [6, 6.07) is 4.67. The van der Waals surface area contributed by atoms with Gasteiger partial charge in [-0.05, 0) is 42.8 Å². The Morgan fingerprint density at radius 3 is 2.69 bits per heavy atom. The van der Waals surface area contributed by atoms with Crippen LogP contribution in [0.3, 0.4) is 0 Å². The zero-order valence-corrected chi connectivity index (χ0v) is 20.5.